The third kappa shape index (κ3) is 3.45. The van der Waals surface area contributed by atoms with Crippen molar-refractivity contribution in [3.05, 3.63) is 88.2 Å². The van der Waals surface area contributed by atoms with Gasteiger partial charge in [0.15, 0.2) is 5.69 Å². The lowest BCUT2D eigenvalue weighted by molar-refractivity contribution is 0.414. The van der Waals surface area contributed by atoms with Gasteiger partial charge in [-0.05, 0) is 54.6 Å². The highest BCUT2D eigenvalue weighted by atomic mass is 35.5. The molecular weight excluding hydrogens is 416 g/mol. The number of ether oxygens (including phenoxy) is 1. The molecule has 0 fully saturated rings. The Labute approximate surface area is 181 Å². The van der Waals surface area contributed by atoms with Crippen molar-refractivity contribution >= 4 is 22.4 Å². The monoisotopic (exact) mass is 430 g/mol. The number of hydrogen-bond donors (Lipinski definition) is 0. The Bertz CT molecular complexity index is 1440. The summed E-state index contributed by atoms with van der Waals surface area (Å²) in [6, 6.07) is 21.4. The molecule has 0 saturated heterocycles. The fraction of sp³-hybridized carbons (Fsp3) is 0.0435. The molecule has 0 bridgehead atoms. The largest absolute Gasteiger partial charge is 0.497 e. The average molecular weight is 431 g/mol. The molecule has 5 rings (SSSR count). The maximum absolute atomic E-state index is 13.1. The van der Waals surface area contributed by atoms with E-state index in [1.165, 1.54) is 4.68 Å². The quantitative estimate of drug-likeness (QED) is 0.408. The minimum atomic E-state index is -0.248. The fourth-order valence-corrected chi connectivity index (χ4v) is 3.41. The maximum Gasteiger partial charge on any atom is 0.279 e. The van der Waals surface area contributed by atoms with Crippen molar-refractivity contribution < 1.29 is 9.26 Å². The van der Waals surface area contributed by atoms with Crippen LogP contribution in [0.25, 0.3) is 39.4 Å². The SMILES string of the molecule is COc1ccc(-n2nc(-c3nc(-c4ccc(Cl)cc4)no3)c3ccccc3c2=O)cc1. The van der Waals surface area contributed by atoms with E-state index in [4.69, 9.17) is 20.9 Å². The molecule has 5 aromatic rings. The van der Waals surface area contributed by atoms with Crippen LogP contribution >= 0.6 is 11.6 Å². The van der Waals surface area contributed by atoms with Crippen LogP contribution in [0, 0.1) is 0 Å². The second-order valence-electron chi connectivity index (χ2n) is 6.74. The third-order valence-electron chi connectivity index (χ3n) is 4.85. The number of fused-ring (bicyclic) bond motifs is 1. The van der Waals surface area contributed by atoms with E-state index in [9.17, 15) is 4.79 Å². The first-order valence-electron chi connectivity index (χ1n) is 9.40. The second kappa shape index (κ2) is 7.70. The number of methoxy groups -OCH3 is 1. The van der Waals surface area contributed by atoms with Gasteiger partial charge < -0.3 is 9.26 Å². The summed E-state index contributed by atoms with van der Waals surface area (Å²) in [6.45, 7) is 0. The van der Waals surface area contributed by atoms with Gasteiger partial charge in [0.1, 0.15) is 5.75 Å². The predicted octanol–water partition coefficient (Wildman–Crippen LogP) is 4.76. The van der Waals surface area contributed by atoms with Gasteiger partial charge in [-0.1, -0.05) is 35.0 Å². The van der Waals surface area contributed by atoms with E-state index in [1.54, 1.807) is 67.8 Å². The molecule has 0 N–H and O–H groups in total. The molecule has 0 aliphatic heterocycles. The highest BCUT2D eigenvalue weighted by molar-refractivity contribution is 6.30. The molecule has 3 aromatic carbocycles. The standard InChI is InChI=1S/C23H15ClN4O3/c1-30-17-12-10-16(11-13-17)28-23(29)19-5-3-2-4-18(19)20(26-28)22-25-21(27-31-22)14-6-8-15(24)9-7-14/h2-13H,1H3. The topological polar surface area (TPSA) is 83.0 Å². The Kier molecular flexibility index (Phi) is 4.72. The van der Waals surface area contributed by atoms with Crippen molar-refractivity contribution in [1.82, 2.24) is 19.9 Å². The number of aromatic nitrogens is 4. The molecule has 0 atom stereocenters. The first-order valence-corrected chi connectivity index (χ1v) is 9.78. The number of hydrogen-bond acceptors (Lipinski definition) is 6. The van der Waals surface area contributed by atoms with Gasteiger partial charge in [0, 0.05) is 16.0 Å². The van der Waals surface area contributed by atoms with Gasteiger partial charge >= 0.3 is 0 Å². The van der Waals surface area contributed by atoms with Crippen molar-refractivity contribution in [1.29, 1.82) is 0 Å². The van der Waals surface area contributed by atoms with Crippen LogP contribution in [0.3, 0.4) is 0 Å². The average Bonchev–Trinajstić information content (AvgIpc) is 3.30. The van der Waals surface area contributed by atoms with Crippen molar-refractivity contribution in [2.24, 2.45) is 0 Å². The zero-order valence-electron chi connectivity index (χ0n) is 16.3. The van der Waals surface area contributed by atoms with Crippen LogP contribution in [0.4, 0.5) is 0 Å². The van der Waals surface area contributed by atoms with Crippen LogP contribution in [0.15, 0.2) is 82.1 Å². The first kappa shape index (κ1) is 19.0. The molecule has 0 saturated carbocycles. The maximum atomic E-state index is 13.1. The summed E-state index contributed by atoms with van der Waals surface area (Å²) in [5, 5.41) is 10.4. The summed E-state index contributed by atoms with van der Waals surface area (Å²) in [7, 11) is 1.58. The summed E-state index contributed by atoms with van der Waals surface area (Å²) < 4.78 is 12.0. The zero-order chi connectivity index (χ0) is 21.4. The summed E-state index contributed by atoms with van der Waals surface area (Å²) in [4.78, 5) is 17.6. The van der Waals surface area contributed by atoms with E-state index in [2.05, 4.69) is 15.2 Å². The highest BCUT2D eigenvalue weighted by Gasteiger charge is 2.19. The minimum Gasteiger partial charge on any atom is -0.497 e. The van der Waals surface area contributed by atoms with Gasteiger partial charge in [0.2, 0.25) is 5.82 Å². The van der Waals surface area contributed by atoms with Crippen LogP contribution in [0.2, 0.25) is 5.02 Å². The number of benzene rings is 3. The lowest BCUT2D eigenvalue weighted by Gasteiger charge is -2.09. The van der Waals surface area contributed by atoms with Crippen LogP contribution in [-0.2, 0) is 0 Å². The summed E-state index contributed by atoms with van der Waals surface area (Å²) >= 11 is 5.96. The van der Waals surface area contributed by atoms with E-state index in [0.29, 0.717) is 38.8 Å². The van der Waals surface area contributed by atoms with Gasteiger partial charge in [0.25, 0.3) is 11.4 Å². The van der Waals surface area contributed by atoms with Crippen LogP contribution < -0.4 is 10.3 Å². The minimum absolute atomic E-state index is 0.211. The van der Waals surface area contributed by atoms with Gasteiger partial charge in [-0.15, -0.1) is 0 Å². The third-order valence-corrected chi connectivity index (χ3v) is 5.10. The van der Waals surface area contributed by atoms with Gasteiger partial charge in [-0.2, -0.15) is 14.8 Å². The van der Waals surface area contributed by atoms with Crippen molar-refractivity contribution in [2.45, 2.75) is 0 Å². The smallest absolute Gasteiger partial charge is 0.279 e. The van der Waals surface area contributed by atoms with Crippen molar-refractivity contribution in [3.63, 3.8) is 0 Å². The molecule has 7 nitrogen and oxygen atoms in total. The molecule has 0 amide bonds. The zero-order valence-corrected chi connectivity index (χ0v) is 17.1. The second-order valence-corrected chi connectivity index (χ2v) is 7.18. The predicted molar refractivity (Wildman–Crippen MR) is 118 cm³/mol. The molecule has 0 unspecified atom stereocenters. The lowest BCUT2D eigenvalue weighted by atomic mass is 10.1. The molecule has 2 aromatic heterocycles. The Morgan fingerprint density at radius 2 is 1.65 bits per heavy atom. The molecular formula is C23H15ClN4O3. The van der Waals surface area contributed by atoms with Crippen LogP contribution in [0.1, 0.15) is 0 Å². The van der Waals surface area contributed by atoms with Crippen LogP contribution in [-0.4, -0.2) is 27.0 Å². The van der Waals surface area contributed by atoms with Crippen molar-refractivity contribution in [3.8, 4) is 34.4 Å². The van der Waals surface area contributed by atoms with E-state index in [0.717, 1.165) is 5.56 Å². The molecule has 2 heterocycles. The molecule has 0 spiro atoms. The fourth-order valence-electron chi connectivity index (χ4n) is 3.28. The molecule has 0 aliphatic rings. The van der Waals surface area contributed by atoms with Gasteiger partial charge in [-0.25, -0.2) is 0 Å². The molecule has 0 radical (unpaired) electrons. The Balaban J connectivity index is 1.69. The Morgan fingerprint density at radius 1 is 0.935 bits per heavy atom. The molecule has 0 aliphatic carbocycles. The summed E-state index contributed by atoms with van der Waals surface area (Å²) in [6.07, 6.45) is 0. The number of nitrogens with zero attached hydrogens (tertiary/aromatic N) is 4. The van der Waals surface area contributed by atoms with Crippen molar-refractivity contribution in [2.75, 3.05) is 7.11 Å². The Hall–Kier alpha value is -3.97. The Morgan fingerprint density at radius 3 is 2.35 bits per heavy atom. The van der Waals surface area contributed by atoms with E-state index < -0.39 is 0 Å². The number of rotatable bonds is 4. The summed E-state index contributed by atoms with van der Waals surface area (Å²) in [5.41, 5.74) is 1.52. The van der Waals surface area contributed by atoms with E-state index in [1.807, 2.05) is 12.1 Å². The van der Waals surface area contributed by atoms with Gasteiger partial charge in [-0.3, -0.25) is 4.79 Å². The molecule has 152 valence electrons. The molecule has 8 heteroatoms. The first-order chi connectivity index (χ1) is 15.1. The van der Waals surface area contributed by atoms with E-state index in [-0.39, 0.29) is 11.4 Å². The lowest BCUT2D eigenvalue weighted by Crippen LogP contribution is -2.22. The van der Waals surface area contributed by atoms with E-state index >= 15 is 0 Å². The normalized spacial score (nSPS) is 11.0. The van der Waals surface area contributed by atoms with Crippen LogP contribution in [0.5, 0.6) is 5.75 Å². The highest BCUT2D eigenvalue weighted by Crippen LogP contribution is 2.27. The molecule has 31 heavy (non-hydrogen) atoms. The van der Waals surface area contributed by atoms with Gasteiger partial charge in [0.05, 0.1) is 18.2 Å². The summed E-state index contributed by atoms with van der Waals surface area (Å²) in [5.74, 6) is 1.30. The number of halogens is 1.